The van der Waals surface area contributed by atoms with Crippen molar-refractivity contribution in [2.75, 3.05) is 30.9 Å². The second kappa shape index (κ2) is 9.90. The fourth-order valence-electron chi connectivity index (χ4n) is 4.62. The molecule has 2 aromatic carbocycles. The van der Waals surface area contributed by atoms with Crippen molar-refractivity contribution in [2.24, 2.45) is 0 Å². The lowest BCUT2D eigenvalue weighted by molar-refractivity contribution is 0.0985. The second-order valence-electron chi connectivity index (χ2n) is 8.89. The van der Waals surface area contributed by atoms with Crippen LogP contribution in [0.1, 0.15) is 44.5 Å². The summed E-state index contributed by atoms with van der Waals surface area (Å²) in [6, 6.07) is 20.9. The SMILES string of the molecule is CN(C)C1CCCN(C(=O)c2ccc(NC(=O)c3ccccc3-n3cccc3)cc2)c2ccsc21. The highest BCUT2D eigenvalue weighted by atomic mass is 32.1. The third-order valence-electron chi connectivity index (χ3n) is 6.42. The van der Waals surface area contributed by atoms with Crippen LogP contribution in [0.15, 0.2) is 84.5 Å². The van der Waals surface area contributed by atoms with Gasteiger partial charge in [0.25, 0.3) is 11.8 Å². The van der Waals surface area contributed by atoms with Gasteiger partial charge in [0, 0.05) is 41.1 Å². The number of nitrogens with one attached hydrogen (secondary N) is 1. The van der Waals surface area contributed by atoms with Gasteiger partial charge in [-0.05, 0) is 86.9 Å². The minimum absolute atomic E-state index is 0.0140. The first-order valence-electron chi connectivity index (χ1n) is 11.7. The van der Waals surface area contributed by atoms with Crippen molar-refractivity contribution in [1.29, 1.82) is 0 Å². The first-order valence-corrected chi connectivity index (χ1v) is 12.6. The smallest absolute Gasteiger partial charge is 0.258 e. The van der Waals surface area contributed by atoms with Gasteiger partial charge in [-0.1, -0.05) is 12.1 Å². The molecule has 1 aliphatic rings. The van der Waals surface area contributed by atoms with E-state index in [1.807, 2.05) is 52.2 Å². The van der Waals surface area contributed by atoms with Crippen LogP contribution in [0.3, 0.4) is 0 Å². The van der Waals surface area contributed by atoms with Gasteiger partial charge in [-0.15, -0.1) is 11.3 Å². The van der Waals surface area contributed by atoms with E-state index in [4.69, 9.17) is 0 Å². The van der Waals surface area contributed by atoms with Crippen molar-refractivity contribution < 1.29 is 9.59 Å². The van der Waals surface area contributed by atoms with Gasteiger partial charge < -0.3 is 19.7 Å². The monoisotopic (exact) mass is 484 g/mol. The molecule has 2 aromatic heterocycles. The Morgan fingerprint density at radius 2 is 1.69 bits per heavy atom. The Hall–Kier alpha value is -3.68. The van der Waals surface area contributed by atoms with Gasteiger partial charge in [-0.3, -0.25) is 9.59 Å². The van der Waals surface area contributed by atoms with Crippen LogP contribution in [0.5, 0.6) is 0 Å². The third-order valence-corrected chi connectivity index (χ3v) is 7.42. The highest BCUT2D eigenvalue weighted by Gasteiger charge is 2.29. The lowest BCUT2D eigenvalue weighted by atomic mass is 10.1. The molecule has 1 N–H and O–H groups in total. The molecule has 1 unspecified atom stereocenters. The molecule has 0 saturated carbocycles. The molecule has 0 bridgehead atoms. The highest BCUT2D eigenvalue weighted by molar-refractivity contribution is 7.10. The molecule has 35 heavy (non-hydrogen) atoms. The molecule has 0 aliphatic carbocycles. The van der Waals surface area contributed by atoms with E-state index in [1.54, 1.807) is 41.7 Å². The van der Waals surface area contributed by atoms with E-state index in [0.717, 1.165) is 24.2 Å². The quantitative estimate of drug-likeness (QED) is 0.388. The maximum Gasteiger partial charge on any atom is 0.258 e. The molecule has 3 heterocycles. The summed E-state index contributed by atoms with van der Waals surface area (Å²) in [5.41, 5.74) is 3.65. The number of hydrogen-bond acceptors (Lipinski definition) is 4. The molecule has 0 fully saturated rings. The van der Waals surface area contributed by atoms with Crippen molar-refractivity contribution in [3.8, 4) is 5.69 Å². The van der Waals surface area contributed by atoms with Gasteiger partial charge in [0.1, 0.15) is 0 Å². The molecule has 178 valence electrons. The number of amides is 2. The number of aromatic nitrogens is 1. The topological polar surface area (TPSA) is 57.6 Å². The lowest BCUT2D eigenvalue weighted by Crippen LogP contribution is -2.31. The van der Waals surface area contributed by atoms with E-state index < -0.39 is 0 Å². The zero-order chi connectivity index (χ0) is 24.4. The number of fused-ring (bicyclic) bond motifs is 1. The molecule has 1 atom stereocenters. The summed E-state index contributed by atoms with van der Waals surface area (Å²) in [6.07, 6.45) is 5.80. The number of thiophene rings is 1. The van der Waals surface area contributed by atoms with Gasteiger partial charge in [0.2, 0.25) is 0 Å². The Morgan fingerprint density at radius 3 is 2.43 bits per heavy atom. The first kappa shape index (κ1) is 23.1. The molecular weight excluding hydrogens is 456 g/mol. The minimum atomic E-state index is -0.196. The maximum atomic E-state index is 13.4. The van der Waals surface area contributed by atoms with E-state index in [9.17, 15) is 9.59 Å². The van der Waals surface area contributed by atoms with Gasteiger partial charge in [0.05, 0.1) is 16.9 Å². The fourth-order valence-corrected chi connectivity index (χ4v) is 5.75. The normalized spacial score (nSPS) is 15.5. The number of benzene rings is 2. The number of rotatable bonds is 5. The summed E-state index contributed by atoms with van der Waals surface area (Å²) >= 11 is 1.71. The number of carbonyl (C=O) groups is 2. The van der Waals surface area contributed by atoms with Crippen molar-refractivity contribution in [2.45, 2.75) is 18.9 Å². The van der Waals surface area contributed by atoms with Crippen LogP contribution in [0.4, 0.5) is 11.4 Å². The summed E-state index contributed by atoms with van der Waals surface area (Å²) in [4.78, 5) is 31.8. The minimum Gasteiger partial charge on any atom is -0.323 e. The number of para-hydroxylation sites is 1. The predicted octanol–water partition coefficient (Wildman–Crippen LogP) is 5.83. The fraction of sp³-hybridized carbons (Fsp3) is 0.214. The van der Waals surface area contributed by atoms with Gasteiger partial charge in [-0.25, -0.2) is 0 Å². The summed E-state index contributed by atoms with van der Waals surface area (Å²) in [7, 11) is 4.19. The molecule has 7 heteroatoms. The molecule has 6 nitrogen and oxygen atoms in total. The molecule has 0 radical (unpaired) electrons. The highest BCUT2D eigenvalue weighted by Crippen LogP contribution is 2.40. The predicted molar refractivity (Wildman–Crippen MR) is 142 cm³/mol. The van der Waals surface area contributed by atoms with Crippen LogP contribution in [0.2, 0.25) is 0 Å². The van der Waals surface area contributed by atoms with Gasteiger partial charge >= 0.3 is 0 Å². The van der Waals surface area contributed by atoms with Gasteiger partial charge in [0.15, 0.2) is 0 Å². The molecule has 1 aliphatic heterocycles. The average molecular weight is 485 g/mol. The lowest BCUT2D eigenvalue weighted by Gasteiger charge is -2.24. The van der Waals surface area contributed by atoms with Crippen LogP contribution in [-0.4, -0.2) is 41.9 Å². The largest absolute Gasteiger partial charge is 0.323 e. The summed E-state index contributed by atoms with van der Waals surface area (Å²) in [6.45, 7) is 0.696. The number of carbonyl (C=O) groups excluding carboxylic acids is 2. The average Bonchev–Trinajstić information content (AvgIpc) is 3.54. The second-order valence-corrected chi connectivity index (χ2v) is 9.84. The van der Waals surface area contributed by atoms with Crippen molar-refractivity contribution in [3.63, 3.8) is 0 Å². The number of anilines is 2. The molecule has 5 rings (SSSR count). The van der Waals surface area contributed by atoms with Crippen LogP contribution < -0.4 is 10.2 Å². The Bertz CT molecular complexity index is 1330. The van der Waals surface area contributed by atoms with E-state index in [1.165, 1.54) is 4.88 Å². The van der Waals surface area contributed by atoms with Crippen LogP contribution in [0.25, 0.3) is 5.69 Å². The van der Waals surface area contributed by atoms with Crippen LogP contribution >= 0.6 is 11.3 Å². The molecule has 2 amide bonds. The zero-order valence-corrected chi connectivity index (χ0v) is 20.7. The number of hydrogen-bond donors (Lipinski definition) is 1. The standard InChI is InChI=1S/C28H28N4O2S/c1-30(2)24-10-7-18-32(25-15-19-35-26(24)25)28(34)20-11-13-21(14-12-20)29-27(33)22-8-3-4-9-23(22)31-16-5-6-17-31/h3-6,8-9,11-17,19,24H,7,10,18H2,1-2H3,(H,29,33). The van der Waals surface area contributed by atoms with E-state index in [0.29, 0.717) is 29.4 Å². The molecular formula is C28H28N4O2S. The van der Waals surface area contributed by atoms with E-state index in [2.05, 4.69) is 35.8 Å². The molecule has 4 aromatic rings. The Balaban J connectivity index is 1.33. The summed E-state index contributed by atoms with van der Waals surface area (Å²) in [5.74, 6) is -0.210. The first-order chi connectivity index (χ1) is 17.0. The molecule has 0 saturated heterocycles. The number of nitrogens with zero attached hydrogens (tertiary/aromatic N) is 3. The van der Waals surface area contributed by atoms with Crippen molar-refractivity contribution >= 4 is 34.5 Å². The van der Waals surface area contributed by atoms with E-state index >= 15 is 0 Å². The summed E-state index contributed by atoms with van der Waals surface area (Å²) in [5, 5.41) is 5.03. The van der Waals surface area contributed by atoms with Crippen molar-refractivity contribution in [1.82, 2.24) is 9.47 Å². The Morgan fingerprint density at radius 1 is 0.943 bits per heavy atom. The zero-order valence-electron chi connectivity index (χ0n) is 19.8. The molecule has 0 spiro atoms. The van der Waals surface area contributed by atoms with Crippen molar-refractivity contribution in [3.05, 3.63) is 101 Å². The summed E-state index contributed by atoms with van der Waals surface area (Å²) < 4.78 is 1.91. The van der Waals surface area contributed by atoms with E-state index in [-0.39, 0.29) is 11.8 Å². The van der Waals surface area contributed by atoms with Crippen LogP contribution in [-0.2, 0) is 0 Å². The maximum absolute atomic E-state index is 13.4. The third kappa shape index (κ3) is 4.65. The van der Waals surface area contributed by atoms with Crippen LogP contribution in [0, 0.1) is 0 Å². The van der Waals surface area contributed by atoms with Gasteiger partial charge in [-0.2, -0.15) is 0 Å². The Labute approximate surface area is 209 Å². The Kier molecular flexibility index (Phi) is 6.53.